The lowest BCUT2D eigenvalue weighted by molar-refractivity contribution is 0.0603. The van der Waals surface area contributed by atoms with Gasteiger partial charge >= 0.3 is 5.97 Å². The maximum atomic E-state index is 11.7. The van der Waals surface area contributed by atoms with E-state index in [4.69, 9.17) is 4.74 Å². The predicted molar refractivity (Wildman–Crippen MR) is 67.7 cm³/mol. The van der Waals surface area contributed by atoms with E-state index in [2.05, 4.69) is 15.9 Å². The number of hydrogen-bond donors (Lipinski definition) is 0. The van der Waals surface area contributed by atoms with Crippen molar-refractivity contribution in [2.24, 2.45) is 0 Å². The first kappa shape index (κ1) is 11.1. The van der Waals surface area contributed by atoms with E-state index >= 15 is 0 Å². The fourth-order valence-electron chi connectivity index (χ4n) is 1.85. The van der Waals surface area contributed by atoms with Gasteiger partial charge in [-0.05, 0) is 35.4 Å². The second-order valence-electron chi connectivity index (χ2n) is 3.62. The lowest BCUT2D eigenvalue weighted by atomic mass is 10.0. The fraction of sp³-hybridized carbons (Fsp3) is 0.154. The number of carbonyl (C=O) groups is 1. The molecule has 2 aromatic carbocycles. The van der Waals surface area contributed by atoms with Crippen molar-refractivity contribution in [2.45, 2.75) is 6.92 Å². The van der Waals surface area contributed by atoms with Gasteiger partial charge in [-0.3, -0.25) is 0 Å². The van der Waals surface area contributed by atoms with Gasteiger partial charge in [-0.1, -0.05) is 34.1 Å². The summed E-state index contributed by atoms with van der Waals surface area (Å²) in [6.07, 6.45) is 0. The average Bonchev–Trinajstić information content (AvgIpc) is 2.27. The Morgan fingerprint density at radius 1 is 1.31 bits per heavy atom. The van der Waals surface area contributed by atoms with E-state index in [0.717, 1.165) is 20.8 Å². The summed E-state index contributed by atoms with van der Waals surface area (Å²) >= 11 is 3.40. The molecule has 0 aliphatic rings. The van der Waals surface area contributed by atoms with Crippen LogP contribution in [0.4, 0.5) is 0 Å². The van der Waals surface area contributed by atoms with Gasteiger partial charge in [0.25, 0.3) is 0 Å². The molecule has 0 aromatic heterocycles. The van der Waals surface area contributed by atoms with Crippen LogP contribution in [0.3, 0.4) is 0 Å². The SMILES string of the molecule is COC(=O)c1cc(Br)cc2cccc(C)c12. The van der Waals surface area contributed by atoms with Gasteiger partial charge in [0.1, 0.15) is 0 Å². The van der Waals surface area contributed by atoms with Crippen LogP contribution in [0.15, 0.2) is 34.8 Å². The third-order valence-corrected chi connectivity index (χ3v) is 3.01. The van der Waals surface area contributed by atoms with Crippen molar-refractivity contribution in [3.63, 3.8) is 0 Å². The van der Waals surface area contributed by atoms with Crippen molar-refractivity contribution >= 4 is 32.7 Å². The molecule has 0 bridgehead atoms. The Morgan fingerprint density at radius 2 is 2.06 bits per heavy atom. The highest BCUT2D eigenvalue weighted by Crippen LogP contribution is 2.27. The van der Waals surface area contributed by atoms with Gasteiger partial charge in [-0.25, -0.2) is 4.79 Å². The number of rotatable bonds is 1. The highest BCUT2D eigenvalue weighted by Gasteiger charge is 2.12. The number of esters is 1. The molecule has 0 saturated heterocycles. The van der Waals surface area contributed by atoms with Gasteiger partial charge in [0.05, 0.1) is 12.7 Å². The summed E-state index contributed by atoms with van der Waals surface area (Å²) in [4.78, 5) is 11.7. The molecule has 2 aromatic rings. The third-order valence-electron chi connectivity index (χ3n) is 2.56. The summed E-state index contributed by atoms with van der Waals surface area (Å²) in [6, 6.07) is 9.74. The van der Waals surface area contributed by atoms with Crippen molar-refractivity contribution in [3.8, 4) is 0 Å². The molecule has 0 fully saturated rings. The van der Waals surface area contributed by atoms with Crippen LogP contribution in [-0.4, -0.2) is 13.1 Å². The Labute approximate surface area is 102 Å². The molecule has 16 heavy (non-hydrogen) atoms. The first-order chi connectivity index (χ1) is 7.63. The number of methoxy groups -OCH3 is 1. The Morgan fingerprint density at radius 3 is 2.75 bits per heavy atom. The average molecular weight is 279 g/mol. The molecule has 0 N–H and O–H groups in total. The fourth-order valence-corrected chi connectivity index (χ4v) is 2.33. The van der Waals surface area contributed by atoms with E-state index in [1.165, 1.54) is 7.11 Å². The van der Waals surface area contributed by atoms with Gasteiger partial charge in [0.2, 0.25) is 0 Å². The predicted octanol–water partition coefficient (Wildman–Crippen LogP) is 3.70. The summed E-state index contributed by atoms with van der Waals surface area (Å²) in [6.45, 7) is 1.99. The van der Waals surface area contributed by atoms with Gasteiger partial charge < -0.3 is 4.74 Å². The zero-order valence-electron chi connectivity index (χ0n) is 9.08. The molecule has 3 heteroatoms. The smallest absolute Gasteiger partial charge is 0.338 e. The molecule has 0 radical (unpaired) electrons. The quantitative estimate of drug-likeness (QED) is 0.744. The summed E-state index contributed by atoms with van der Waals surface area (Å²) in [5.41, 5.74) is 1.68. The van der Waals surface area contributed by atoms with Crippen LogP contribution >= 0.6 is 15.9 Å². The van der Waals surface area contributed by atoms with E-state index in [-0.39, 0.29) is 5.97 Å². The maximum Gasteiger partial charge on any atom is 0.338 e. The Kier molecular flexibility index (Phi) is 2.97. The minimum absolute atomic E-state index is 0.305. The molecular formula is C13H11BrO2. The highest BCUT2D eigenvalue weighted by molar-refractivity contribution is 9.10. The molecule has 82 valence electrons. The second kappa shape index (κ2) is 4.26. The number of benzene rings is 2. The topological polar surface area (TPSA) is 26.3 Å². The van der Waals surface area contributed by atoms with Crippen LogP contribution in [-0.2, 0) is 4.74 Å². The lowest BCUT2D eigenvalue weighted by Gasteiger charge is -2.08. The first-order valence-electron chi connectivity index (χ1n) is 4.90. The van der Waals surface area contributed by atoms with Crippen molar-refractivity contribution < 1.29 is 9.53 Å². The molecule has 2 nitrogen and oxygen atoms in total. The van der Waals surface area contributed by atoms with E-state index in [1.807, 2.05) is 31.2 Å². The molecule has 0 heterocycles. The van der Waals surface area contributed by atoms with E-state index in [1.54, 1.807) is 6.07 Å². The van der Waals surface area contributed by atoms with Crippen molar-refractivity contribution in [3.05, 3.63) is 45.9 Å². The van der Waals surface area contributed by atoms with Gasteiger partial charge in [0.15, 0.2) is 0 Å². The van der Waals surface area contributed by atoms with Crippen LogP contribution < -0.4 is 0 Å². The molecule has 0 spiro atoms. The summed E-state index contributed by atoms with van der Waals surface area (Å²) < 4.78 is 5.68. The highest BCUT2D eigenvalue weighted by atomic mass is 79.9. The summed E-state index contributed by atoms with van der Waals surface area (Å²) in [5.74, 6) is -0.305. The van der Waals surface area contributed by atoms with Crippen LogP contribution in [0.5, 0.6) is 0 Å². The van der Waals surface area contributed by atoms with Crippen LogP contribution in [0.1, 0.15) is 15.9 Å². The maximum absolute atomic E-state index is 11.7. The normalized spacial score (nSPS) is 10.4. The molecule has 0 amide bonds. The van der Waals surface area contributed by atoms with E-state index < -0.39 is 0 Å². The minimum atomic E-state index is -0.305. The number of aryl methyl sites for hydroxylation is 1. The van der Waals surface area contributed by atoms with Crippen molar-refractivity contribution in [1.29, 1.82) is 0 Å². The summed E-state index contributed by atoms with van der Waals surface area (Å²) in [7, 11) is 1.40. The van der Waals surface area contributed by atoms with E-state index in [0.29, 0.717) is 5.56 Å². The Balaban J connectivity index is 2.85. The van der Waals surface area contributed by atoms with Crippen molar-refractivity contribution in [2.75, 3.05) is 7.11 Å². The second-order valence-corrected chi connectivity index (χ2v) is 4.53. The Hall–Kier alpha value is -1.35. The molecule has 0 unspecified atom stereocenters. The molecule has 0 saturated carbocycles. The van der Waals surface area contributed by atoms with Gasteiger partial charge in [-0.2, -0.15) is 0 Å². The molecule has 0 aliphatic heterocycles. The Bertz CT molecular complexity index is 561. The number of carbonyl (C=O) groups excluding carboxylic acids is 1. The van der Waals surface area contributed by atoms with Crippen LogP contribution in [0.2, 0.25) is 0 Å². The van der Waals surface area contributed by atoms with Crippen molar-refractivity contribution in [1.82, 2.24) is 0 Å². The number of fused-ring (bicyclic) bond motifs is 1. The number of halogens is 1. The summed E-state index contributed by atoms with van der Waals surface area (Å²) in [5, 5.41) is 1.99. The molecule has 0 atom stereocenters. The lowest BCUT2D eigenvalue weighted by Crippen LogP contribution is -2.03. The standard InChI is InChI=1S/C13H11BrO2/c1-8-4-3-5-9-6-10(14)7-11(12(8)9)13(15)16-2/h3-7H,1-2H3. The van der Waals surface area contributed by atoms with E-state index in [9.17, 15) is 4.79 Å². The molecule has 0 aliphatic carbocycles. The largest absolute Gasteiger partial charge is 0.465 e. The van der Waals surface area contributed by atoms with Crippen LogP contribution in [0, 0.1) is 6.92 Å². The van der Waals surface area contributed by atoms with Gasteiger partial charge in [0, 0.05) is 4.47 Å². The minimum Gasteiger partial charge on any atom is -0.465 e. The number of ether oxygens (including phenoxy) is 1. The molecule has 2 rings (SSSR count). The monoisotopic (exact) mass is 278 g/mol. The number of hydrogen-bond acceptors (Lipinski definition) is 2. The van der Waals surface area contributed by atoms with Gasteiger partial charge in [-0.15, -0.1) is 0 Å². The zero-order chi connectivity index (χ0) is 11.7. The third kappa shape index (κ3) is 1.83. The van der Waals surface area contributed by atoms with Crippen LogP contribution in [0.25, 0.3) is 10.8 Å². The zero-order valence-corrected chi connectivity index (χ0v) is 10.7. The molecular weight excluding hydrogens is 268 g/mol. The first-order valence-corrected chi connectivity index (χ1v) is 5.70.